The van der Waals surface area contributed by atoms with Crippen LogP contribution in [0.1, 0.15) is 50.1 Å². The van der Waals surface area contributed by atoms with Crippen LogP contribution in [0.4, 0.5) is 8.78 Å². The van der Waals surface area contributed by atoms with Crippen molar-refractivity contribution in [2.45, 2.75) is 63.4 Å². The Bertz CT molecular complexity index is 1840. The lowest BCUT2D eigenvalue weighted by atomic mass is 9.90. The Balaban J connectivity index is 1.20. The van der Waals surface area contributed by atoms with Crippen LogP contribution in [0.5, 0.6) is 5.75 Å². The molecule has 2 amide bonds. The van der Waals surface area contributed by atoms with Crippen molar-refractivity contribution in [1.29, 1.82) is 0 Å². The number of nitrogens with one attached hydrogen (secondary N) is 2. The van der Waals surface area contributed by atoms with E-state index in [1.165, 1.54) is 6.92 Å². The topological polar surface area (TPSA) is 140 Å². The van der Waals surface area contributed by atoms with E-state index in [0.29, 0.717) is 42.2 Å². The molecule has 0 radical (unpaired) electrons. The first-order valence-corrected chi connectivity index (χ1v) is 18.6. The van der Waals surface area contributed by atoms with Gasteiger partial charge in [0.25, 0.3) is 0 Å². The van der Waals surface area contributed by atoms with Gasteiger partial charge in [-0.3, -0.25) is 33.2 Å². The second-order valence-electron chi connectivity index (χ2n) is 15.5. The van der Waals surface area contributed by atoms with Gasteiger partial charge in [0.05, 0.1) is 31.0 Å². The highest BCUT2D eigenvalue weighted by atomic mass is 19.1. The molecule has 13 heteroatoms. The smallest absolute Gasteiger partial charge is 0.238 e. The van der Waals surface area contributed by atoms with E-state index in [4.69, 9.17) is 9.15 Å². The fourth-order valence-electron chi connectivity index (χ4n) is 7.33. The number of para-hydroxylation sites is 1. The molecule has 2 aromatic heterocycles. The molecular weight excluding hydrogens is 696 g/mol. The van der Waals surface area contributed by atoms with Crippen molar-refractivity contribution in [2.24, 2.45) is 11.3 Å². The van der Waals surface area contributed by atoms with Gasteiger partial charge in [-0.2, -0.15) is 0 Å². The molecule has 1 fully saturated rings. The van der Waals surface area contributed by atoms with Crippen LogP contribution in [0, 0.1) is 11.3 Å². The summed E-state index contributed by atoms with van der Waals surface area (Å²) in [5, 5.41) is 29.2. The van der Waals surface area contributed by atoms with E-state index in [0.717, 1.165) is 10.9 Å². The van der Waals surface area contributed by atoms with Crippen LogP contribution in [0.3, 0.4) is 0 Å². The van der Waals surface area contributed by atoms with Crippen LogP contribution in [0.15, 0.2) is 83.5 Å². The summed E-state index contributed by atoms with van der Waals surface area (Å²) in [6.07, 6.45) is 1.84. The predicted molar refractivity (Wildman–Crippen MR) is 200 cm³/mol. The predicted octanol–water partition coefficient (Wildman–Crippen LogP) is 4.33. The van der Waals surface area contributed by atoms with Gasteiger partial charge in [-0.1, -0.05) is 55.5 Å². The Hall–Kier alpha value is -4.43. The number of carbonyl (C=O) groups is 2. The van der Waals surface area contributed by atoms with E-state index in [2.05, 4.69) is 20.5 Å². The number of halogens is 2. The largest absolute Gasteiger partial charge is 0.490 e. The Kier molecular flexibility index (Phi) is 12.3. The molecule has 2 aliphatic rings. The molecule has 0 saturated carbocycles. The molecule has 0 bridgehead atoms. The molecule has 0 aliphatic carbocycles. The number of benzene rings is 2. The fourth-order valence-corrected chi connectivity index (χ4v) is 7.33. The second kappa shape index (κ2) is 16.9. The van der Waals surface area contributed by atoms with Crippen LogP contribution >= 0.6 is 0 Å². The summed E-state index contributed by atoms with van der Waals surface area (Å²) in [5.74, 6) is -0.107. The van der Waals surface area contributed by atoms with Gasteiger partial charge in [0.2, 0.25) is 11.8 Å². The van der Waals surface area contributed by atoms with E-state index in [-0.39, 0.29) is 38.6 Å². The number of fused-ring (bicyclic) bond motifs is 2. The Labute approximate surface area is 314 Å². The summed E-state index contributed by atoms with van der Waals surface area (Å²) in [5.41, 5.74) is 0.295. The second-order valence-corrected chi connectivity index (χ2v) is 15.5. The molecule has 2 aromatic carbocycles. The van der Waals surface area contributed by atoms with E-state index in [1.54, 1.807) is 24.5 Å². The maximum absolute atomic E-state index is 14.0. The number of aliphatic hydroxyl groups is 2. The number of nitrogens with zero attached hydrogens (tertiary/aromatic N) is 3. The van der Waals surface area contributed by atoms with Crippen molar-refractivity contribution in [2.75, 3.05) is 52.7 Å². The average Bonchev–Trinajstić information content (AvgIpc) is 3.64. The molecular formula is C41H51F2N5O6. The Morgan fingerprint density at radius 1 is 1.04 bits per heavy atom. The van der Waals surface area contributed by atoms with Crippen molar-refractivity contribution in [3.05, 3.63) is 96.0 Å². The summed E-state index contributed by atoms with van der Waals surface area (Å²) >= 11 is 0. The van der Waals surface area contributed by atoms with Crippen molar-refractivity contribution in [1.82, 2.24) is 25.4 Å². The van der Waals surface area contributed by atoms with Crippen LogP contribution in [-0.4, -0.2) is 108 Å². The minimum atomic E-state index is -1.35. The highest BCUT2D eigenvalue weighted by Crippen LogP contribution is 2.35. The standard InChI is InChI=1S/C41H51F2N5O6/c1-40(2,36-19-29-20-44-14-13-34(29)54-36)48-16-15-47(32(22-48)39(52)45-26-41(3,24-42)25-43)21-30(49)18-28(17-27-9-5-4-6-10-27)38(51)46-37-31-11-7-8-12-35(31)53-23-33(37)50/h4-14,19-20,28,30,32-33,37,49-50H,15-18,21-26H2,1-3H3,(H,45,52)(H,46,51)/t28-,30+,32+,33-,37+/m1/s1. The first-order valence-electron chi connectivity index (χ1n) is 18.6. The van der Waals surface area contributed by atoms with Gasteiger partial charge in [-0.15, -0.1) is 0 Å². The maximum atomic E-state index is 14.0. The number of rotatable bonds is 15. The van der Waals surface area contributed by atoms with Gasteiger partial charge in [-0.25, -0.2) is 0 Å². The number of hydrogen-bond acceptors (Lipinski definition) is 9. The van der Waals surface area contributed by atoms with Gasteiger partial charge in [0.1, 0.15) is 35.8 Å². The minimum absolute atomic E-state index is 0.0313. The van der Waals surface area contributed by atoms with Crippen LogP contribution in [0.2, 0.25) is 0 Å². The first kappa shape index (κ1) is 39.3. The molecule has 0 spiro atoms. The molecule has 4 N–H and O–H groups in total. The normalized spacial score (nSPS) is 20.8. The third-order valence-electron chi connectivity index (χ3n) is 10.9. The molecule has 54 heavy (non-hydrogen) atoms. The summed E-state index contributed by atoms with van der Waals surface area (Å²) in [4.78, 5) is 36.1. The maximum Gasteiger partial charge on any atom is 0.238 e. The summed E-state index contributed by atoms with van der Waals surface area (Å²) in [6, 6.07) is 19.0. The lowest BCUT2D eigenvalue weighted by Crippen LogP contribution is -2.63. The zero-order valence-electron chi connectivity index (χ0n) is 31.1. The number of amides is 2. The zero-order valence-corrected chi connectivity index (χ0v) is 31.1. The zero-order chi connectivity index (χ0) is 38.5. The third-order valence-corrected chi connectivity index (χ3v) is 10.9. The molecule has 4 heterocycles. The first-order chi connectivity index (χ1) is 25.9. The van der Waals surface area contributed by atoms with Crippen molar-refractivity contribution >= 4 is 22.8 Å². The van der Waals surface area contributed by atoms with E-state index in [9.17, 15) is 28.6 Å². The van der Waals surface area contributed by atoms with E-state index >= 15 is 0 Å². The number of furan rings is 1. The number of aromatic nitrogens is 1. The number of β-amino-alcohol motifs (C(OH)–C–C–N with tert-alkyl or cyclic N) is 1. The summed E-state index contributed by atoms with van der Waals surface area (Å²) in [6.45, 7) is 4.70. The molecule has 11 nitrogen and oxygen atoms in total. The molecule has 5 atom stereocenters. The molecule has 4 aromatic rings. The minimum Gasteiger partial charge on any atom is -0.490 e. The van der Waals surface area contributed by atoms with Gasteiger partial charge in [0, 0.05) is 67.4 Å². The van der Waals surface area contributed by atoms with Crippen LogP contribution < -0.4 is 15.4 Å². The highest BCUT2D eigenvalue weighted by molar-refractivity contribution is 5.82. The lowest BCUT2D eigenvalue weighted by molar-refractivity contribution is -0.133. The Morgan fingerprint density at radius 2 is 1.78 bits per heavy atom. The van der Waals surface area contributed by atoms with Crippen LogP contribution in [0.25, 0.3) is 11.0 Å². The van der Waals surface area contributed by atoms with Gasteiger partial charge < -0.3 is 30.0 Å². The fraction of sp³-hybridized carbons (Fsp3) is 0.488. The number of carbonyl (C=O) groups excluding carboxylic acids is 2. The molecule has 290 valence electrons. The van der Waals surface area contributed by atoms with Gasteiger partial charge in [0.15, 0.2) is 0 Å². The summed E-state index contributed by atoms with van der Waals surface area (Å²) in [7, 11) is 0. The Morgan fingerprint density at radius 3 is 2.52 bits per heavy atom. The molecule has 0 unspecified atom stereocenters. The lowest BCUT2D eigenvalue weighted by Gasteiger charge is -2.47. The number of alkyl halides is 2. The third kappa shape index (κ3) is 8.92. The van der Waals surface area contributed by atoms with Crippen molar-refractivity contribution < 1.29 is 37.7 Å². The van der Waals surface area contributed by atoms with Crippen molar-refractivity contribution in [3.8, 4) is 5.75 Å². The number of pyridine rings is 1. The van der Waals surface area contributed by atoms with Gasteiger partial charge >= 0.3 is 0 Å². The number of aliphatic hydroxyl groups excluding tert-OH is 2. The molecule has 2 aliphatic heterocycles. The van der Waals surface area contributed by atoms with Crippen molar-refractivity contribution in [3.63, 3.8) is 0 Å². The number of piperazine rings is 1. The SMILES string of the molecule is CC(CF)(CF)CNC(=O)[C@@H]1CN(C(C)(C)c2cc3cnccc3o2)CCN1C[C@@H](O)C[C@@H](Cc1ccccc1)C(=O)N[C@H]1c2ccccc2OC[C@H]1O. The summed E-state index contributed by atoms with van der Waals surface area (Å²) < 4.78 is 39.4. The van der Waals surface area contributed by atoms with E-state index in [1.807, 2.05) is 73.3 Å². The van der Waals surface area contributed by atoms with Crippen LogP contribution in [-0.2, 0) is 21.5 Å². The highest BCUT2D eigenvalue weighted by Gasteiger charge is 2.42. The molecule has 1 saturated heterocycles. The quantitative estimate of drug-likeness (QED) is 0.140. The van der Waals surface area contributed by atoms with Gasteiger partial charge in [-0.05, 0) is 50.5 Å². The monoisotopic (exact) mass is 747 g/mol. The average molecular weight is 748 g/mol. The van der Waals surface area contributed by atoms with E-state index < -0.39 is 60.4 Å². The number of hydrogen-bond donors (Lipinski definition) is 4. The number of ether oxygens (including phenoxy) is 1. The molecule has 6 rings (SSSR count).